The zero-order valence-corrected chi connectivity index (χ0v) is 18.1. The van der Waals surface area contributed by atoms with E-state index in [0.717, 1.165) is 19.3 Å². The second-order valence-corrected chi connectivity index (χ2v) is 8.32. The van der Waals surface area contributed by atoms with Crippen molar-refractivity contribution in [3.05, 3.63) is 48.0 Å². The molecule has 0 amide bonds. The van der Waals surface area contributed by atoms with Crippen LogP contribution in [0.3, 0.4) is 0 Å². The summed E-state index contributed by atoms with van der Waals surface area (Å²) in [6.45, 7) is 2.28. The SMILES string of the molecule is CCCCCCCCCCCCCCC(=O)CCc1cccc2ccccc12. The molecule has 0 aliphatic carbocycles. The highest BCUT2D eigenvalue weighted by molar-refractivity contribution is 5.86. The normalized spacial score (nSPS) is 11.2. The number of aryl methyl sites for hydroxylation is 1. The molecule has 0 bridgehead atoms. The number of rotatable bonds is 16. The summed E-state index contributed by atoms with van der Waals surface area (Å²) in [6, 6.07) is 14.9. The van der Waals surface area contributed by atoms with E-state index in [2.05, 4.69) is 49.4 Å². The topological polar surface area (TPSA) is 17.1 Å². The highest BCUT2D eigenvalue weighted by atomic mass is 16.1. The summed E-state index contributed by atoms with van der Waals surface area (Å²) in [5, 5.41) is 2.57. The first kappa shape index (κ1) is 22.7. The Hall–Kier alpha value is -1.63. The lowest BCUT2D eigenvalue weighted by Gasteiger charge is -2.06. The maximum absolute atomic E-state index is 12.2. The molecule has 1 nitrogen and oxygen atoms in total. The predicted molar refractivity (Wildman–Crippen MR) is 123 cm³/mol. The number of carbonyl (C=O) groups is 1. The van der Waals surface area contributed by atoms with Gasteiger partial charge >= 0.3 is 0 Å². The average molecular weight is 381 g/mol. The van der Waals surface area contributed by atoms with E-state index in [1.807, 2.05) is 0 Å². The molecule has 0 atom stereocenters. The smallest absolute Gasteiger partial charge is 0.133 e. The molecule has 1 heteroatoms. The number of hydrogen-bond acceptors (Lipinski definition) is 1. The molecule has 0 fully saturated rings. The average Bonchev–Trinajstić information content (AvgIpc) is 2.73. The van der Waals surface area contributed by atoms with Gasteiger partial charge in [-0.2, -0.15) is 0 Å². The molecule has 0 spiro atoms. The predicted octanol–water partition coefficient (Wildman–Crippen LogP) is 8.43. The summed E-state index contributed by atoms with van der Waals surface area (Å²) >= 11 is 0. The van der Waals surface area contributed by atoms with Crippen LogP contribution in [0, 0.1) is 0 Å². The lowest BCUT2D eigenvalue weighted by molar-refractivity contribution is -0.119. The van der Waals surface area contributed by atoms with Gasteiger partial charge in [0.2, 0.25) is 0 Å². The number of hydrogen-bond donors (Lipinski definition) is 0. The zero-order chi connectivity index (χ0) is 19.9. The van der Waals surface area contributed by atoms with E-state index in [1.54, 1.807) is 0 Å². The number of carbonyl (C=O) groups excluding carboxylic acids is 1. The third-order valence-corrected chi connectivity index (χ3v) is 5.86. The van der Waals surface area contributed by atoms with Crippen LogP contribution in [0.15, 0.2) is 42.5 Å². The van der Waals surface area contributed by atoms with Gasteiger partial charge < -0.3 is 0 Å². The van der Waals surface area contributed by atoms with Crippen LogP contribution in [-0.2, 0) is 11.2 Å². The molecule has 154 valence electrons. The summed E-state index contributed by atoms with van der Waals surface area (Å²) in [5.74, 6) is 0.431. The highest BCUT2D eigenvalue weighted by Crippen LogP contribution is 2.20. The molecule has 0 aliphatic rings. The molecule has 0 aliphatic heterocycles. The van der Waals surface area contributed by atoms with E-state index in [-0.39, 0.29) is 0 Å². The van der Waals surface area contributed by atoms with Gasteiger partial charge in [-0.1, -0.05) is 120 Å². The quantitative estimate of drug-likeness (QED) is 0.267. The van der Waals surface area contributed by atoms with Crippen LogP contribution in [0.2, 0.25) is 0 Å². The van der Waals surface area contributed by atoms with Crippen LogP contribution in [-0.4, -0.2) is 5.78 Å². The molecular weight excluding hydrogens is 340 g/mol. The van der Waals surface area contributed by atoms with Crippen molar-refractivity contribution in [3.63, 3.8) is 0 Å². The Balaban J connectivity index is 1.47. The fraction of sp³-hybridized carbons (Fsp3) is 0.593. The van der Waals surface area contributed by atoms with Crippen molar-refractivity contribution >= 4 is 16.6 Å². The summed E-state index contributed by atoms with van der Waals surface area (Å²) in [5.41, 5.74) is 1.31. The van der Waals surface area contributed by atoms with Crippen molar-refractivity contribution in [1.29, 1.82) is 0 Å². The number of fused-ring (bicyclic) bond motifs is 1. The minimum absolute atomic E-state index is 0.431. The maximum atomic E-state index is 12.2. The molecule has 0 saturated carbocycles. The number of Topliss-reactive ketones (excluding diaryl/α,β-unsaturated/α-hetero) is 1. The van der Waals surface area contributed by atoms with Gasteiger partial charge in [0.25, 0.3) is 0 Å². The summed E-state index contributed by atoms with van der Waals surface area (Å²) in [7, 11) is 0. The summed E-state index contributed by atoms with van der Waals surface area (Å²) < 4.78 is 0. The molecule has 0 aromatic heterocycles. The van der Waals surface area contributed by atoms with E-state index < -0.39 is 0 Å². The molecule has 0 radical (unpaired) electrons. The molecule has 28 heavy (non-hydrogen) atoms. The van der Waals surface area contributed by atoms with Gasteiger partial charge in [-0.05, 0) is 29.2 Å². The number of unbranched alkanes of at least 4 members (excludes halogenated alkanes) is 11. The van der Waals surface area contributed by atoms with E-state index in [9.17, 15) is 4.79 Å². The lowest BCUT2D eigenvalue weighted by Crippen LogP contribution is -2.00. The summed E-state index contributed by atoms with van der Waals surface area (Å²) in [4.78, 5) is 12.2. The van der Waals surface area contributed by atoms with Crippen molar-refractivity contribution in [2.45, 2.75) is 103 Å². The van der Waals surface area contributed by atoms with Gasteiger partial charge in [-0.3, -0.25) is 4.79 Å². The van der Waals surface area contributed by atoms with Crippen molar-refractivity contribution < 1.29 is 4.79 Å². The van der Waals surface area contributed by atoms with Crippen LogP contribution in [0.1, 0.15) is 102 Å². The first-order valence-electron chi connectivity index (χ1n) is 11.8. The van der Waals surface area contributed by atoms with Gasteiger partial charge in [-0.25, -0.2) is 0 Å². The van der Waals surface area contributed by atoms with E-state index in [1.165, 1.54) is 87.0 Å². The minimum atomic E-state index is 0.431. The fourth-order valence-corrected chi connectivity index (χ4v) is 4.07. The number of benzene rings is 2. The lowest BCUT2D eigenvalue weighted by atomic mass is 9.98. The zero-order valence-electron chi connectivity index (χ0n) is 18.1. The van der Waals surface area contributed by atoms with Crippen molar-refractivity contribution in [2.75, 3.05) is 0 Å². The van der Waals surface area contributed by atoms with Crippen LogP contribution >= 0.6 is 0 Å². The molecule has 0 saturated heterocycles. The van der Waals surface area contributed by atoms with Crippen molar-refractivity contribution in [2.24, 2.45) is 0 Å². The Kier molecular flexibility index (Phi) is 11.6. The molecular formula is C27H40O. The standard InChI is InChI=1S/C27H40O/c1-2-3-4-5-6-7-8-9-10-11-12-13-20-26(28)23-22-25-19-16-18-24-17-14-15-21-27(24)25/h14-19,21H,2-13,20,22-23H2,1H3. The maximum Gasteiger partial charge on any atom is 0.133 e. The fourth-order valence-electron chi connectivity index (χ4n) is 4.07. The first-order chi connectivity index (χ1) is 13.8. The summed E-state index contributed by atoms with van der Waals surface area (Å²) in [6.07, 6.45) is 18.5. The highest BCUT2D eigenvalue weighted by Gasteiger charge is 2.05. The molecule has 2 aromatic carbocycles. The Morgan fingerprint density at radius 2 is 1.21 bits per heavy atom. The Labute approximate surface area is 172 Å². The minimum Gasteiger partial charge on any atom is -0.300 e. The van der Waals surface area contributed by atoms with E-state index >= 15 is 0 Å². The Bertz CT molecular complexity index is 668. The number of ketones is 1. The van der Waals surface area contributed by atoms with Crippen LogP contribution in [0.5, 0.6) is 0 Å². The molecule has 2 rings (SSSR count). The second-order valence-electron chi connectivity index (χ2n) is 8.32. The van der Waals surface area contributed by atoms with Gasteiger partial charge in [0.15, 0.2) is 0 Å². The van der Waals surface area contributed by atoms with Gasteiger partial charge in [-0.15, -0.1) is 0 Å². The Morgan fingerprint density at radius 1 is 0.643 bits per heavy atom. The van der Waals surface area contributed by atoms with Gasteiger partial charge in [0.1, 0.15) is 5.78 Å². The molecule has 0 heterocycles. The largest absolute Gasteiger partial charge is 0.300 e. The third kappa shape index (κ3) is 9.04. The third-order valence-electron chi connectivity index (χ3n) is 5.86. The van der Waals surface area contributed by atoms with Crippen molar-refractivity contribution in [3.8, 4) is 0 Å². The molecule has 0 N–H and O–H groups in total. The molecule has 0 unspecified atom stereocenters. The molecule has 2 aromatic rings. The van der Waals surface area contributed by atoms with Crippen LogP contribution < -0.4 is 0 Å². The van der Waals surface area contributed by atoms with Gasteiger partial charge in [0, 0.05) is 12.8 Å². The first-order valence-corrected chi connectivity index (χ1v) is 11.8. The van der Waals surface area contributed by atoms with E-state index in [4.69, 9.17) is 0 Å². The second kappa shape index (κ2) is 14.4. The van der Waals surface area contributed by atoms with Gasteiger partial charge in [0.05, 0.1) is 0 Å². The Morgan fingerprint density at radius 3 is 1.89 bits per heavy atom. The van der Waals surface area contributed by atoms with Crippen LogP contribution in [0.25, 0.3) is 10.8 Å². The van der Waals surface area contributed by atoms with E-state index in [0.29, 0.717) is 12.2 Å². The monoisotopic (exact) mass is 380 g/mol. The van der Waals surface area contributed by atoms with Crippen molar-refractivity contribution in [1.82, 2.24) is 0 Å². The van der Waals surface area contributed by atoms with Crippen LogP contribution in [0.4, 0.5) is 0 Å².